The molecule has 1 fully saturated rings. The van der Waals surface area contributed by atoms with Crippen molar-refractivity contribution in [1.82, 2.24) is 4.90 Å². The third-order valence-corrected chi connectivity index (χ3v) is 6.93. The molecule has 2 unspecified atom stereocenters. The summed E-state index contributed by atoms with van der Waals surface area (Å²) in [5.41, 5.74) is 1.49. The number of amides is 2. The van der Waals surface area contributed by atoms with Crippen LogP contribution in [0.2, 0.25) is 0 Å². The molecule has 1 aliphatic heterocycles. The van der Waals surface area contributed by atoms with E-state index in [4.69, 9.17) is 9.15 Å². The minimum Gasteiger partial charge on any atom is -0.465 e. The van der Waals surface area contributed by atoms with E-state index in [1.54, 1.807) is 23.1 Å². The fraction of sp³-hybridized carbons (Fsp3) is 0.435. The van der Waals surface area contributed by atoms with Crippen molar-refractivity contribution in [2.45, 2.75) is 38.2 Å². The van der Waals surface area contributed by atoms with Crippen molar-refractivity contribution in [3.63, 3.8) is 0 Å². The van der Waals surface area contributed by atoms with E-state index < -0.39 is 6.10 Å². The van der Waals surface area contributed by atoms with Gasteiger partial charge in [0.15, 0.2) is 0 Å². The predicted octanol–water partition coefficient (Wildman–Crippen LogP) is 3.56. The average molecular weight is 456 g/mol. The molecule has 1 aliphatic carbocycles. The van der Waals surface area contributed by atoms with Gasteiger partial charge in [0, 0.05) is 24.0 Å². The van der Waals surface area contributed by atoms with Gasteiger partial charge in [0.05, 0.1) is 24.5 Å². The summed E-state index contributed by atoms with van der Waals surface area (Å²) in [4.78, 5) is 27.2. The normalized spacial score (nSPS) is 20.6. The number of rotatable bonds is 5. The fourth-order valence-corrected chi connectivity index (χ4v) is 5.42. The molecule has 2 amide bonds. The molecule has 2 aromatic heterocycles. The third kappa shape index (κ3) is 5.21. The summed E-state index contributed by atoms with van der Waals surface area (Å²) < 4.78 is 10.7. The Morgan fingerprint density at radius 1 is 1.44 bits per heavy atom. The number of likely N-dealkylation sites (tertiary alicyclic amines) is 1. The second kappa shape index (κ2) is 10.0. The van der Waals surface area contributed by atoms with Gasteiger partial charge < -0.3 is 24.5 Å². The molecule has 0 bridgehead atoms. The Morgan fingerprint density at radius 2 is 2.31 bits per heavy atom. The molecular weight excluding hydrogens is 430 g/mol. The Bertz CT molecular complexity index is 1040. The highest BCUT2D eigenvalue weighted by Crippen LogP contribution is 2.39. The van der Waals surface area contributed by atoms with E-state index >= 15 is 0 Å². The lowest BCUT2D eigenvalue weighted by molar-refractivity contribution is -0.111. The van der Waals surface area contributed by atoms with Gasteiger partial charge in [-0.2, -0.15) is 5.26 Å². The highest BCUT2D eigenvalue weighted by molar-refractivity contribution is 7.16. The van der Waals surface area contributed by atoms with Crippen molar-refractivity contribution < 1.29 is 23.8 Å². The predicted molar refractivity (Wildman–Crippen MR) is 119 cm³/mol. The average Bonchev–Trinajstić information content (AvgIpc) is 3.43. The van der Waals surface area contributed by atoms with Crippen LogP contribution in [-0.4, -0.2) is 47.8 Å². The van der Waals surface area contributed by atoms with Crippen molar-refractivity contribution in [2.24, 2.45) is 5.92 Å². The number of furan rings is 1. The number of hydrogen-bond acceptors (Lipinski definition) is 7. The molecular formula is C23H25N3O5S. The molecule has 8 nitrogen and oxygen atoms in total. The molecule has 32 heavy (non-hydrogen) atoms. The zero-order valence-corrected chi connectivity index (χ0v) is 18.4. The first-order valence-corrected chi connectivity index (χ1v) is 11.5. The SMILES string of the molecule is N#Cc1c(NC(=O)C=Cc2ccco2)sc2c1CCC(COC(=O)N1CCCC(O)C1)C2. The largest absolute Gasteiger partial charge is 0.465 e. The molecule has 4 rings (SSSR count). The fourth-order valence-electron chi connectivity index (χ4n) is 4.10. The van der Waals surface area contributed by atoms with E-state index in [0.29, 0.717) is 55.3 Å². The number of nitrogens with zero attached hydrogens (tertiary/aromatic N) is 2. The van der Waals surface area contributed by atoms with Gasteiger partial charge in [-0.1, -0.05) is 0 Å². The number of nitrogens with one attached hydrogen (secondary N) is 1. The lowest BCUT2D eigenvalue weighted by Gasteiger charge is -2.30. The van der Waals surface area contributed by atoms with Crippen LogP contribution in [0, 0.1) is 17.2 Å². The highest BCUT2D eigenvalue weighted by Gasteiger charge is 2.28. The van der Waals surface area contributed by atoms with Crippen LogP contribution in [0.25, 0.3) is 6.08 Å². The van der Waals surface area contributed by atoms with E-state index in [9.17, 15) is 20.0 Å². The number of carbonyl (C=O) groups excluding carboxylic acids is 2. The number of anilines is 1. The monoisotopic (exact) mass is 455 g/mol. The molecule has 0 spiro atoms. The molecule has 168 valence electrons. The van der Waals surface area contributed by atoms with Crippen molar-refractivity contribution in [3.05, 3.63) is 46.2 Å². The summed E-state index contributed by atoms with van der Waals surface area (Å²) in [5.74, 6) is 0.405. The highest BCUT2D eigenvalue weighted by atomic mass is 32.1. The topological polar surface area (TPSA) is 116 Å². The first kappa shape index (κ1) is 22.1. The maximum absolute atomic E-state index is 12.3. The number of fused-ring (bicyclic) bond motifs is 1. The van der Waals surface area contributed by atoms with E-state index in [2.05, 4.69) is 11.4 Å². The summed E-state index contributed by atoms with van der Waals surface area (Å²) in [6.45, 7) is 1.23. The number of hydrogen-bond donors (Lipinski definition) is 2. The van der Waals surface area contributed by atoms with Crippen LogP contribution < -0.4 is 5.32 Å². The first-order valence-electron chi connectivity index (χ1n) is 10.7. The summed E-state index contributed by atoms with van der Waals surface area (Å²) >= 11 is 1.41. The Labute approximate surface area is 190 Å². The van der Waals surface area contributed by atoms with Gasteiger partial charge in [0.1, 0.15) is 16.8 Å². The number of aliphatic hydroxyl groups excluding tert-OH is 1. The van der Waals surface area contributed by atoms with Crippen LogP contribution in [0.15, 0.2) is 28.9 Å². The number of piperidine rings is 1. The molecule has 1 saturated heterocycles. The molecule has 0 radical (unpaired) electrons. The van der Waals surface area contributed by atoms with Crippen LogP contribution in [-0.2, 0) is 22.4 Å². The molecule has 3 heterocycles. The van der Waals surface area contributed by atoms with Crippen LogP contribution in [0.1, 0.15) is 41.0 Å². The van der Waals surface area contributed by atoms with Crippen LogP contribution in [0.4, 0.5) is 9.80 Å². The molecule has 2 aliphatic rings. The molecule has 2 aromatic rings. The van der Waals surface area contributed by atoms with Gasteiger partial charge in [-0.15, -0.1) is 11.3 Å². The molecule has 2 N–H and O–H groups in total. The summed E-state index contributed by atoms with van der Waals surface area (Å²) in [6.07, 6.45) is 7.32. The third-order valence-electron chi connectivity index (χ3n) is 5.76. The number of ether oxygens (including phenoxy) is 1. The quantitative estimate of drug-likeness (QED) is 0.666. The van der Waals surface area contributed by atoms with Gasteiger partial charge in [-0.25, -0.2) is 4.79 Å². The zero-order valence-electron chi connectivity index (χ0n) is 17.6. The number of carbonyl (C=O) groups is 2. The Morgan fingerprint density at radius 3 is 3.06 bits per heavy atom. The molecule has 2 atom stereocenters. The van der Waals surface area contributed by atoms with E-state index in [-0.39, 0.29) is 17.9 Å². The van der Waals surface area contributed by atoms with Crippen molar-refractivity contribution >= 4 is 34.4 Å². The standard InChI is InChI=1S/C23H25N3O5S/c24-12-19-18-7-5-15(14-31-23(29)26-9-1-3-16(27)13-26)11-20(18)32-22(19)25-21(28)8-6-17-4-2-10-30-17/h2,4,6,8,10,15-16,27H,1,3,5,7,9,11,13-14H2,(H,25,28). The van der Waals surface area contributed by atoms with Crippen LogP contribution in [0.3, 0.4) is 0 Å². The summed E-state index contributed by atoms with van der Waals surface area (Å²) in [7, 11) is 0. The second-order valence-corrected chi connectivity index (χ2v) is 9.19. The van der Waals surface area contributed by atoms with Crippen molar-refractivity contribution in [1.29, 1.82) is 5.26 Å². The van der Waals surface area contributed by atoms with Crippen LogP contribution >= 0.6 is 11.3 Å². The second-order valence-electron chi connectivity index (χ2n) is 8.09. The summed E-state index contributed by atoms with van der Waals surface area (Å²) in [6, 6.07) is 5.71. The Hall–Kier alpha value is -3.09. The minimum atomic E-state index is -0.480. The van der Waals surface area contributed by atoms with E-state index in [1.165, 1.54) is 23.7 Å². The minimum absolute atomic E-state index is 0.161. The zero-order chi connectivity index (χ0) is 22.5. The maximum Gasteiger partial charge on any atom is 0.409 e. The molecule has 9 heteroatoms. The number of β-amino-alcohol motifs (C(OH)–C–C–N with tert-alkyl or cyclic N) is 1. The van der Waals surface area contributed by atoms with Gasteiger partial charge in [0.25, 0.3) is 0 Å². The van der Waals surface area contributed by atoms with Gasteiger partial charge >= 0.3 is 6.09 Å². The van der Waals surface area contributed by atoms with Crippen LogP contribution in [0.5, 0.6) is 0 Å². The number of thiophene rings is 1. The molecule has 0 saturated carbocycles. The lowest BCUT2D eigenvalue weighted by Crippen LogP contribution is -2.42. The van der Waals surface area contributed by atoms with Gasteiger partial charge in [-0.3, -0.25) is 4.79 Å². The Balaban J connectivity index is 1.35. The first-order chi connectivity index (χ1) is 15.5. The van der Waals surface area contributed by atoms with E-state index in [1.807, 2.05) is 0 Å². The van der Waals surface area contributed by atoms with Crippen molar-refractivity contribution in [3.8, 4) is 6.07 Å². The summed E-state index contributed by atoms with van der Waals surface area (Å²) in [5, 5.41) is 22.7. The Kier molecular flexibility index (Phi) is 6.93. The molecule has 0 aromatic carbocycles. The van der Waals surface area contributed by atoms with Gasteiger partial charge in [0.2, 0.25) is 5.91 Å². The van der Waals surface area contributed by atoms with Gasteiger partial charge in [-0.05, 0) is 61.8 Å². The number of nitriles is 1. The number of aliphatic hydroxyl groups is 1. The lowest BCUT2D eigenvalue weighted by atomic mass is 9.88. The smallest absolute Gasteiger partial charge is 0.409 e. The van der Waals surface area contributed by atoms with E-state index in [0.717, 1.165) is 23.3 Å². The van der Waals surface area contributed by atoms with Crippen molar-refractivity contribution in [2.75, 3.05) is 25.0 Å². The maximum atomic E-state index is 12.3.